The maximum atomic E-state index is 10.9. The Morgan fingerprint density at radius 1 is 1.64 bits per heavy atom. The Morgan fingerprint density at radius 2 is 2.27 bits per heavy atom. The van der Waals surface area contributed by atoms with E-state index in [-0.39, 0.29) is 12.0 Å². The molecule has 0 aromatic carbocycles. The largest absolute Gasteiger partial charge is 0.453 e. The summed E-state index contributed by atoms with van der Waals surface area (Å²) in [5.74, 6) is 0.161. The summed E-state index contributed by atoms with van der Waals surface area (Å²) in [4.78, 5) is 12.4. The van der Waals surface area contributed by atoms with Crippen LogP contribution in [0.4, 0.5) is 4.79 Å². The van der Waals surface area contributed by atoms with Crippen molar-refractivity contribution in [3.8, 4) is 0 Å². The normalized spacial score (nSPS) is 30.6. The summed E-state index contributed by atoms with van der Waals surface area (Å²) in [7, 11) is 1.34. The van der Waals surface area contributed by atoms with Gasteiger partial charge in [-0.1, -0.05) is 6.92 Å². The van der Waals surface area contributed by atoms with Gasteiger partial charge in [0.1, 0.15) is 0 Å². The van der Waals surface area contributed by atoms with Crippen molar-refractivity contribution in [1.82, 2.24) is 4.90 Å². The van der Waals surface area contributed by atoms with Gasteiger partial charge in [-0.3, -0.25) is 0 Å². The molecule has 64 valence electrons. The fourth-order valence-corrected chi connectivity index (χ4v) is 1.23. The minimum absolute atomic E-state index is 0.161. The second-order valence-corrected chi connectivity index (χ2v) is 2.92. The van der Waals surface area contributed by atoms with Crippen LogP contribution in [0.15, 0.2) is 0 Å². The summed E-state index contributed by atoms with van der Waals surface area (Å²) in [6.07, 6.45) is -0.748. The molecular weight excluding hydrogens is 146 g/mol. The van der Waals surface area contributed by atoms with E-state index in [2.05, 4.69) is 4.74 Å². The van der Waals surface area contributed by atoms with Crippen LogP contribution in [-0.2, 0) is 4.74 Å². The van der Waals surface area contributed by atoms with E-state index in [0.717, 1.165) is 0 Å². The van der Waals surface area contributed by atoms with E-state index in [9.17, 15) is 9.90 Å². The molecule has 0 saturated carbocycles. The quantitative estimate of drug-likeness (QED) is 0.544. The lowest BCUT2D eigenvalue weighted by Gasteiger charge is -2.12. The Morgan fingerprint density at radius 3 is 2.64 bits per heavy atom. The monoisotopic (exact) mass is 159 g/mol. The van der Waals surface area contributed by atoms with Crippen molar-refractivity contribution in [2.24, 2.45) is 5.92 Å². The van der Waals surface area contributed by atoms with Gasteiger partial charge < -0.3 is 14.7 Å². The Kier molecular flexibility index (Phi) is 2.34. The van der Waals surface area contributed by atoms with Crippen LogP contribution in [0.2, 0.25) is 0 Å². The van der Waals surface area contributed by atoms with Crippen molar-refractivity contribution in [2.75, 3.05) is 20.2 Å². The first kappa shape index (κ1) is 8.33. The minimum atomic E-state index is -0.394. The van der Waals surface area contributed by atoms with E-state index in [1.165, 1.54) is 12.0 Å². The number of nitrogens with zero attached hydrogens (tertiary/aromatic N) is 1. The molecule has 4 heteroatoms. The molecule has 0 aromatic rings. The number of hydrogen-bond acceptors (Lipinski definition) is 3. The molecule has 1 aliphatic heterocycles. The molecule has 11 heavy (non-hydrogen) atoms. The van der Waals surface area contributed by atoms with Gasteiger partial charge in [0.05, 0.1) is 19.8 Å². The Hall–Kier alpha value is -0.770. The molecule has 1 fully saturated rings. The highest BCUT2D eigenvalue weighted by Gasteiger charge is 2.31. The Bertz CT molecular complexity index is 150. The summed E-state index contributed by atoms with van der Waals surface area (Å²) in [5.41, 5.74) is 0. The van der Waals surface area contributed by atoms with E-state index in [0.29, 0.717) is 13.1 Å². The van der Waals surface area contributed by atoms with Gasteiger partial charge in [0.2, 0.25) is 0 Å². The van der Waals surface area contributed by atoms with Crippen molar-refractivity contribution in [3.05, 3.63) is 0 Å². The van der Waals surface area contributed by atoms with E-state index < -0.39 is 6.10 Å². The molecule has 1 rings (SSSR count). The van der Waals surface area contributed by atoms with E-state index in [1.54, 1.807) is 0 Å². The van der Waals surface area contributed by atoms with Crippen molar-refractivity contribution < 1.29 is 14.6 Å². The molecule has 4 nitrogen and oxygen atoms in total. The summed E-state index contributed by atoms with van der Waals surface area (Å²) < 4.78 is 4.51. The smallest absolute Gasteiger partial charge is 0.409 e. The highest BCUT2D eigenvalue weighted by atomic mass is 16.5. The number of methoxy groups -OCH3 is 1. The number of ether oxygens (including phenoxy) is 1. The molecule has 2 atom stereocenters. The van der Waals surface area contributed by atoms with Gasteiger partial charge in [-0.25, -0.2) is 4.79 Å². The van der Waals surface area contributed by atoms with Gasteiger partial charge in [0.15, 0.2) is 0 Å². The van der Waals surface area contributed by atoms with Crippen LogP contribution in [0, 0.1) is 5.92 Å². The molecule has 1 heterocycles. The van der Waals surface area contributed by atoms with Crippen LogP contribution in [0.5, 0.6) is 0 Å². The number of amides is 1. The first-order valence-electron chi connectivity index (χ1n) is 3.66. The lowest BCUT2D eigenvalue weighted by atomic mass is 10.1. The molecule has 0 spiro atoms. The van der Waals surface area contributed by atoms with E-state index in [1.807, 2.05) is 6.92 Å². The van der Waals surface area contributed by atoms with Gasteiger partial charge in [-0.15, -0.1) is 0 Å². The number of rotatable bonds is 0. The van der Waals surface area contributed by atoms with Gasteiger partial charge in [-0.05, 0) is 0 Å². The molecule has 1 aliphatic rings. The number of aliphatic hydroxyl groups is 1. The van der Waals surface area contributed by atoms with Crippen molar-refractivity contribution >= 4 is 6.09 Å². The van der Waals surface area contributed by atoms with Crippen LogP contribution in [0.1, 0.15) is 6.92 Å². The lowest BCUT2D eigenvalue weighted by Crippen LogP contribution is -2.29. The SMILES string of the molecule is COC(=O)N1CC(C)C(O)C1. The van der Waals surface area contributed by atoms with Crippen molar-refractivity contribution in [1.29, 1.82) is 0 Å². The van der Waals surface area contributed by atoms with Crippen LogP contribution < -0.4 is 0 Å². The van der Waals surface area contributed by atoms with E-state index in [4.69, 9.17) is 0 Å². The zero-order chi connectivity index (χ0) is 8.43. The number of likely N-dealkylation sites (tertiary alicyclic amines) is 1. The number of β-amino-alcohol motifs (C(OH)–C–C–N with tert-alkyl or cyclic N) is 1. The third kappa shape index (κ3) is 1.63. The second-order valence-electron chi connectivity index (χ2n) is 2.92. The molecule has 0 radical (unpaired) electrons. The Labute approximate surface area is 65.8 Å². The van der Waals surface area contributed by atoms with Crippen molar-refractivity contribution in [3.63, 3.8) is 0 Å². The van der Waals surface area contributed by atoms with Crippen molar-refractivity contribution in [2.45, 2.75) is 13.0 Å². The summed E-state index contributed by atoms with van der Waals surface area (Å²) >= 11 is 0. The van der Waals surface area contributed by atoms with Crippen LogP contribution in [0.3, 0.4) is 0 Å². The maximum absolute atomic E-state index is 10.9. The minimum Gasteiger partial charge on any atom is -0.453 e. The summed E-state index contributed by atoms with van der Waals surface area (Å²) in [5, 5.41) is 9.26. The number of carbonyl (C=O) groups excluding carboxylic acids is 1. The van der Waals surface area contributed by atoms with Gasteiger partial charge in [0, 0.05) is 12.5 Å². The first-order valence-corrected chi connectivity index (χ1v) is 3.66. The summed E-state index contributed by atoms with van der Waals surface area (Å²) in [6.45, 7) is 2.90. The lowest BCUT2D eigenvalue weighted by molar-refractivity contribution is 0.120. The molecular formula is C7H13NO3. The maximum Gasteiger partial charge on any atom is 0.409 e. The first-order chi connectivity index (χ1) is 5.15. The molecule has 0 aliphatic carbocycles. The standard InChI is InChI=1S/C7H13NO3/c1-5-3-8(4-6(5)9)7(10)11-2/h5-6,9H,3-4H2,1-2H3. The molecule has 2 unspecified atom stereocenters. The van der Waals surface area contributed by atoms with Gasteiger partial charge in [0.25, 0.3) is 0 Å². The molecule has 0 aromatic heterocycles. The van der Waals surface area contributed by atoms with Gasteiger partial charge >= 0.3 is 6.09 Å². The second kappa shape index (κ2) is 3.09. The third-order valence-electron chi connectivity index (χ3n) is 2.01. The topological polar surface area (TPSA) is 49.8 Å². The predicted octanol–water partition coefficient (Wildman–Crippen LogP) is 0.0654. The average molecular weight is 159 g/mol. The summed E-state index contributed by atoms with van der Waals surface area (Å²) in [6, 6.07) is 0. The van der Waals surface area contributed by atoms with E-state index >= 15 is 0 Å². The zero-order valence-electron chi connectivity index (χ0n) is 6.78. The highest BCUT2D eigenvalue weighted by molar-refractivity contribution is 5.67. The third-order valence-corrected chi connectivity index (χ3v) is 2.01. The predicted molar refractivity (Wildman–Crippen MR) is 39.1 cm³/mol. The Balaban J connectivity index is 2.46. The fraction of sp³-hybridized carbons (Fsp3) is 0.857. The van der Waals surface area contributed by atoms with Gasteiger partial charge in [-0.2, -0.15) is 0 Å². The average Bonchev–Trinajstić information content (AvgIpc) is 2.31. The fourth-order valence-electron chi connectivity index (χ4n) is 1.23. The van der Waals surface area contributed by atoms with Crippen LogP contribution >= 0.6 is 0 Å². The highest BCUT2D eigenvalue weighted by Crippen LogP contribution is 2.16. The zero-order valence-corrected chi connectivity index (χ0v) is 6.78. The molecule has 1 N–H and O–H groups in total. The molecule has 0 bridgehead atoms. The van der Waals surface area contributed by atoms with Crippen LogP contribution in [0.25, 0.3) is 0 Å². The number of hydrogen-bond donors (Lipinski definition) is 1. The van der Waals surface area contributed by atoms with Crippen LogP contribution in [-0.4, -0.2) is 42.4 Å². The molecule has 1 amide bonds. The molecule has 1 saturated heterocycles. The number of carbonyl (C=O) groups is 1. The number of aliphatic hydroxyl groups excluding tert-OH is 1.